The fraction of sp³-hybridized carbons (Fsp3) is 0.316. The summed E-state index contributed by atoms with van der Waals surface area (Å²) in [7, 11) is 0. The molecular weight excluding hydrogens is 360 g/mol. The van der Waals surface area contributed by atoms with E-state index < -0.39 is 4.92 Å². The van der Waals surface area contributed by atoms with Crippen LogP contribution >= 0.6 is 0 Å². The molecule has 0 aliphatic carbocycles. The molecular formula is C19H22N6O3. The van der Waals surface area contributed by atoms with Crippen LogP contribution in [-0.4, -0.2) is 36.7 Å². The molecule has 0 spiro atoms. The van der Waals surface area contributed by atoms with Gasteiger partial charge in [-0.2, -0.15) is 5.10 Å². The van der Waals surface area contributed by atoms with Crippen LogP contribution in [0.3, 0.4) is 0 Å². The number of nitro groups is 1. The van der Waals surface area contributed by atoms with Gasteiger partial charge in [0.1, 0.15) is 5.69 Å². The SMILES string of the molecule is Cc1cc(C)n(C[C@H](C)CNC(=O)c2ccc(-n3ccnc3)c([N+](=O)[O-])c2)n1. The molecule has 0 saturated carbocycles. The fourth-order valence-electron chi connectivity index (χ4n) is 3.02. The lowest BCUT2D eigenvalue weighted by atomic mass is 10.1. The van der Waals surface area contributed by atoms with Gasteiger partial charge in [0, 0.05) is 42.8 Å². The highest BCUT2D eigenvalue weighted by Gasteiger charge is 2.19. The quantitative estimate of drug-likeness (QED) is 0.499. The van der Waals surface area contributed by atoms with Gasteiger partial charge in [0.25, 0.3) is 11.6 Å². The molecule has 1 N–H and O–H groups in total. The Morgan fingerprint density at radius 1 is 1.32 bits per heavy atom. The van der Waals surface area contributed by atoms with E-state index >= 15 is 0 Å². The van der Waals surface area contributed by atoms with Crippen LogP contribution < -0.4 is 5.32 Å². The summed E-state index contributed by atoms with van der Waals surface area (Å²) in [6.45, 7) is 7.07. The summed E-state index contributed by atoms with van der Waals surface area (Å²) in [5.74, 6) is -0.192. The second-order valence-corrected chi connectivity index (χ2v) is 6.85. The highest BCUT2D eigenvalue weighted by atomic mass is 16.6. The summed E-state index contributed by atoms with van der Waals surface area (Å²) in [5, 5.41) is 18.7. The number of nitrogens with one attached hydrogen (secondary N) is 1. The number of hydrogen-bond acceptors (Lipinski definition) is 5. The Balaban J connectivity index is 1.68. The van der Waals surface area contributed by atoms with Crippen molar-refractivity contribution in [2.24, 2.45) is 5.92 Å². The van der Waals surface area contributed by atoms with Gasteiger partial charge in [0.05, 0.1) is 16.9 Å². The first kappa shape index (κ1) is 19.3. The maximum atomic E-state index is 12.5. The van der Waals surface area contributed by atoms with Gasteiger partial charge in [-0.05, 0) is 38.0 Å². The first-order chi connectivity index (χ1) is 13.3. The predicted octanol–water partition coefficient (Wildman–Crippen LogP) is 2.66. The molecule has 28 heavy (non-hydrogen) atoms. The second kappa shape index (κ2) is 8.03. The molecule has 9 heteroatoms. The standard InChI is InChI=1S/C19H22N6O3/c1-13(11-24-15(3)8-14(2)22-24)10-21-19(26)16-4-5-17(18(9-16)25(27)28)23-7-6-20-12-23/h4-9,12-13H,10-11H2,1-3H3,(H,21,26)/t13-/m1/s1. The number of carbonyl (C=O) groups excluding carboxylic acids is 1. The van der Waals surface area contributed by atoms with Crippen molar-refractivity contribution in [2.75, 3.05) is 6.54 Å². The largest absolute Gasteiger partial charge is 0.352 e. The van der Waals surface area contributed by atoms with E-state index in [1.165, 1.54) is 23.2 Å². The Labute approximate surface area is 162 Å². The maximum absolute atomic E-state index is 12.5. The van der Waals surface area contributed by atoms with Crippen molar-refractivity contribution in [1.29, 1.82) is 0 Å². The van der Waals surface area contributed by atoms with E-state index in [9.17, 15) is 14.9 Å². The van der Waals surface area contributed by atoms with Gasteiger partial charge in [0.2, 0.25) is 0 Å². The summed E-state index contributed by atoms with van der Waals surface area (Å²) >= 11 is 0. The van der Waals surface area contributed by atoms with Crippen molar-refractivity contribution in [3.8, 4) is 5.69 Å². The van der Waals surface area contributed by atoms with Gasteiger partial charge in [0.15, 0.2) is 0 Å². The molecule has 9 nitrogen and oxygen atoms in total. The predicted molar refractivity (Wildman–Crippen MR) is 103 cm³/mol. The highest BCUT2D eigenvalue weighted by molar-refractivity contribution is 5.95. The molecule has 0 bridgehead atoms. The van der Waals surface area contributed by atoms with E-state index in [4.69, 9.17) is 0 Å². The topological polar surface area (TPSA) is 108 Å². The summed E-state index contributed by atoms with van der Waals surface area (Å²) in [4.78, 5) is 27.3. The Morgan fingerprint density at radius 3 is 2.71 bits per heavy atom. The number of nitro benzene ring substituents is 1. The molecule has 1 aromatic carbocycles. The molecule has 0 fully saturated rings. The third-order valence-electron chi connectivity index (χ3n) is 4.42. The summed E-state index contributed by atoms with van der Waals surface area (Å²) in [6, 6.07) is 6.42. The lowest BCUT2D eigenvalue weighted by molar-refractivity contribution is -0.384. The number of carbonyl (C=O) groups is 1. The third kappa shape index (κ3) is 4.25. The van der Waals surface area contributed by atoms with Crippen molar-refractivity contribution in [1.82, 2.24) is 24.6 Å². The molecule has 0 radical (unpaired) electrons. The van der Waals surface area contributed by atoms with Crippen LogP contribution in [0, 0.1) is 29.9 Å². The normalized spacial score (nSPS) is 12.0. The lowest BCUT2D eigenvalue weighted by Gasteiger charge is -2.14. The minimum absolute atomic E-state index is 0.152. The van der Waals surface area contributed by atoms with Crippen LogP contribution in [0.4, 0.5) is 5.69 Å². The van der Waals surface area contributed by atoms with Gasteiger partial charge in [-0.1, -0.05) is 6.92 Å². The van der Waals surface area contributed by atoms with E-state index in [1.54, 1.807) is 18.3 Å². The summed E-state index contributed by atoms with van der Waals surface area (Å²) in [6.07, 6.45) is 4.63. The van der Waals surface area contributed by atoms with E-state index in [1.807, 2.05) is 31.5 Å². The number of imidazole rings is 1. The van der Waals surface area contributed by atoms with Crippen LogP contribution in [0.2, 0.25) is 0 Å². The monoisotopic (exact) mass is 382 g/mol. The van der Waals surface area contributed by atoms with Crippen LogP contribution in [-0.2, 0) is 6.54 Å². The minimum atomic E-state index is -0.502. The second-order valence-electron chi connectivity index (χ2n) is 6.85. The fourth-order valence-corrected chi connectivity index (χ4v) is 3.02. The van der Waals surface area contributed by atoms with Crippen LogP contribution in [0.15, 0.2) is 43.0 Å². The molecule has 0 aliphatic heterocycles. The molecule has 0 saturated heterocycles. The number of aromatic nitrogens is 4. The zero-order chi connectivity index (χ0) is 20.3. The Bertz CT molecular complexity index is 993. The number of benzene rings is 1. The average molecular weight is 382 g/mol. The highest BCUT2D eigenvalue weighted by Crippen LogP contribution is 2.24. The van der Waals surface area contributed by atoms with E-state index in [-0.39, 0.29) is 23.1 Å². The van der Waals surface area contributed by atoms with E-state index in [0.717, 1.165) is 11.4 Å². The Kier molecular flexibility index (Phi) is 5.53. The zero-order valence-electron chi connectivity index (χ0n) is 16.0. The number of rotatable bonds is 7. The number of hydrogen-bond donors (Lipinski definition) is 1. The van der Waals surface area contributed by atoms with E-state index in [0.29, 0.717) is 18.8 Å². The molecule has 3 rings (SSSR count). The molecule has 1 atom stereocenters. The first-order valence-corrected chi connectivity index (χ1v) is 8.91. The number of aryl methyl sites for hydroxylation is 2. The van der Waals surface area contributed by atoms with Gasteiger partial charge < -0.3 is 9.88 Å². The molecule has 2 aromatic heterocycles. The Hall–Kier alpha value is -3.49. The Morgan fingerprint density at radius 2 is 2.11 bits per heavy atom. The van der Waals surface area contributed by atoms with Crippen molar-refractivity contribution in [3.05, 3.63) is 70.1 Å². The first-order valence-electron chi connectivity index (χ1n) is 8.91. The third-order valence-corrected chi connectivity index (χ3v) is 4.42. The summed E-state index contributed by atoms with van der Waals surface area (Å²) < 4.78 is 3.45. The number of amides is 1. The lowest BCUT2D eigenvalue weighted by Crippen LogP contribution is -2.30. The van der Waals surface area contributed by atoms with Gasteiger partial charge in [-0.25, -0.2) is 4.98 Å². The smallest absolute Gasteiger partial charge is 0.294 e. The van der Waals surface area contributed by atoms with Gasteiger partial charge in [-0.15, -0.1) is 0 Å². The van der Waals surface area contributed by atoms with Crippen LogP contribution in [0.25, 0.3) is 5.69 Å². The van der Waals surface area contributed by atoms with Gasteiger partial charge in [-0.3, -0.25) is 19.6 Å². The molecule has 1 amide bonds. The van der Waals surface area contributed by atoms with Crippen molar-refractivity contribution in [2.45, 2.75) is 27.3 Å². The van der Waals surface area contributed by atoms with E-state index in [2.05, 4.69) is 15.4 Å². The van der Waals surface area contributed by atoms with Crippen molar-refractivity contribution in [3.63, 3.8) is 0 Å². The van der Waals surface area contributed by atoms with Crippen LogP contribution in [0.5, 0.6) is 0 Å². The zero-order valence-corrected chi connectivity index (χ0v) is 16.0. The average Bonchev–Trinajstić information content (AvgIpc) is 3.29. The van der Waals surface area contributed by atoms with Crippen molar-refractivity contribution < 1.29 is 9.72 Å². The molecule has 0 unspecified atom stereocenters. The molecule has 2 heterocycles. The van der Waals surface area contributed by atoms with Crippen LogP contribution in [0.1, 0.15) is 28.7 Å². The maximum Gasteiger partial charge on any atom is 0.294 e. The summed E-state index contributed by atoms with van der Waals surface area (Å²) in [5.41, 5.74) is 2.48. The molecule has 146 valence electrons. The number of nitrogens with zero attached hydrogens (tertiary/aromatic N) is 5. The molecule has 0 aliphatic rings. The minimum Gasteiger partial charge on any atom is -0.352 e. The van der Waals surface area contributed by atoms with Crippen molar-refractivity contribution >= 4 is 11.6 Å². The van der Waals surface area contributed by atoms with Gasteiger partial charge >= 0.3 is 0 Å². The molecule has 3 aromatic rings.